The second-order valence-electron chi connectivity index (χ2n) is 6.34. The second-order valence-corrected chi connectivity index (χ2v) is 6.34. The van der Waals surface area contributed by atoms with E-state index >= 15 is 0 Å². The minimum Gasteiger partial charge on any atom is -0.366 e. The van der Waals surface area contributed by atoms with Crippen LogP contribution in [0, 0.1) is 13.8 Å². The number of rotatable bonds is 5. The molecule has 0 aliphatic carbocycles. The quantitative estimate of drug-likeness (QED) is 0.883. The fourth-order valence-electron chi connectivity index (χ4n) is 3.38. The molecule has 1 N–H and O–H groups in total. The zero-order valence-corrected chi connectivity index (χ0v) is 15.2. The van der Waals surface area contributed by atoms with Gasteiger partial charge in [-0.3, -0.25) is 9.69 Å². The lowest BCUT2D eigenvalue weighted by Gasteiger charge is -2.35. The summed E-state index contributed by atoms with van der Waals surface area (Å²) < 4.78 is 1.91. The van der Waals surface area contributed by atoms with Gasteiger partial charge >= 0.3 is 0 Å². The molecule has 25 heavy (non-hydrogen) atoms. The van der Waals surface area contributed by atoms with Crippen molar-refractivity contribution >= 4 is 11.6 Å². The van der Waals surface area contributed by atoms with E-state index in [0.717, 1.165) is 43.4 Å². The molecule has 0 saturated carbocycles. The molecule has 1 saturated heterocycles. The van der Waals surface area contributed by atoms with E-state index in [1.54, 1.807) is 6.20 Å². The Morgan fingerprint density at radius 3 is 2.60 bits per heavy atom. The zero-order valence-electron chi connectivity index (χ0n) is 15.2. The standard InChI is InChI=1S/C18H26N6O/c1-4-19-17(25)13-22-9-11-23(12-10-22)18-14(2)21-24(15(18)3)16-7-5-6-8-20-16/h5-8H,4,9-13H2,1-3H3,(H,19,25). The topological polar surface area (TPSA) is 66.3 Å². The zero-order chi connectivity index (χ0) is 17.8. The van der Waals surface area contributed by atoms with Crippen molar-refractivity contribution < 1.29 is 4.79 Å². The summed E-state index contributed by atoms with van der Waals surface area (Å²) in [5, 5.41) is 7.54. The minimum absolute atomic E-state index is 0.103. The van der Waals surface area contributed by atoms with E-state index in [-0.39, 0.29) is 5.91 Å². The third-order valence-corrected chi connectivity index (χ3v) is 4.55. The number of aryl methyl sites for hydroxylation is 1. The highest BCUT2D eigenvalue weighted by Crippen LogP contribution is 2.27. The lowest BCUT2D eigenvalue weighted by Crippen LogP contribution is -2.49. The summed E-state index contributed by atoms with van der Waals surface area (Å²) in [5.74, 6) is 0.940. The Labute approximate surface area is 148 Å². The summed E-state index contributed by atoms with van der Waals surface area (Å²) >= 11 is 0. The van der Waals surface area contributed by atoms with E-state index in [1.807, 2.05) is 36.7 Å². The van der Waals surface area contributed by atoms with E-state index in [4.69, 9.17) is 0 Å². The van der Waals surface area contributed by atoms with Gasteiger partial charge in [-0.15, -0.1) is 0 Å². The smallest absolute Gasteiger partial charge is 0.234 e. The van der Waals surface area contributed by atoms with Crippen molar-refractivity contribution in [2.45, 2.75) is 20.8 Å². The van der Waals surface area contributed by atoms with Crippen LogP contribution in [-0.2, 0) is 4.79 Å². The van der Waals surface area contributed by atoms with Crippen molar-refractivity contribution in [3.8, 4) is 5.82 Å². The summed E-state index contributed by atoms with van der Waals surface area (Å²) in [4.78, 5) is 20.7. The van der Waals surface area contributed by atoms with Crippen molar-refractivity contribution in [2.24, 2.45) is 0 Å². The molecule has 3 rings (SSSR count). The summed E-state index contributed by atoms with van der Waals surface area (Å²) in [6.45, 7) is 10.8. The van der Waals surface area contributed by atoms with Gasteiger partial charge in [0.1, 0.15) is 0 Å². The molecule has 1 aliphatic rings. The predicted molar refractivity (Wildman–Crippen MR) is 98.2 cm³/mol. The third kappa shape index (κ3) is 3.82. The van der Waals surface area contributed by atoms with Crippen LogP contribution in [-0.4, -0.2) is 64.8 Å². The first-order valence-electron chi connectivity index (χ1n) is 8.81. The molecule has 1 aliphatic heterocycles. The maximum Gasteiger partial charge on any atom is 0.234 e. The SMILES string of the molecule is CCNC(=O)CN1CCN(c2c(C)nn(-c3ccccn3)c2C)CC1. The van der Waals surface area contributed by atoms with Crippen molar-refractivity contribution in [2.75, 3.05) is 44.2 Å². The van der Waals surface area contributed by atoms with Gasteiger partial charge in [0.15, 0.2) is 5.82 Å². The van der Waals surface area contributed by atoms with Crippen LogP contribution in [0.2, 0.25) is 0 Å². The highest BCUT2D eigenvalue weighted by molar-refractivity contribution is 5.78. The highest BCUT2D eigenvalue weighted by Gasteiger charge is 2.24. The summed E-state index contributed by atoms with van der Waals surface area (Å²) in [7, 11) is 0. The molecule has 0 bridgehead atoms. The van der Waals surface area contributed by atoms with E-state index in [9.17, 15) is 4.79 Å². The number of nitrogens with zero attached hydrogens (tertiary/aromatic N) is 5. The van der Waals surface area contributed by atoms with Crippen LogP contribution in [0.3, 0.4) is 0 Å². The van der Waals surface area contributed by atoms with Crippen molar-refractivity contribution in [1.82, 2.24) is 25.0 Å². The first-order chi connectivity index (χ1) is 12.1. The first kappa shape index (κ1) is 17.4. The predicted octanol–water partition coefficient (Wildman–Crippen LogP) is 1.14. The van der Waals surface area contributed by atoms with Gasteiger partial charge in [0.25, 0.3) is 0 Å². The molecular weight excluding hydrogens is 316 g/mol. The van der Waals surface area contributed by atoms with Crippen LogP contribution in [0.4, 0.5) is 5.69 Å². The number of hydrogen-bond donors (Lipinski definition) is 1. The molecule has 7 nitrogen and oxygen atoms in total. The van der Waals surface area contributed by atoms with Gasteiger partial charge < -0.3 is 10.2 Å². The summed E-state index contributed by atoms with van der Waals surface area (Å²) in [6, 6.07) is 5.84. The van der Waals surface area contributed by atoms with Crippen LogP contribution in [0.25, 0.3) is 5.82 Å². The first-order valence-corrected chi connectivity index (χ1v) is 8.81. The molecule has 0 atom stereocenters. The number of carbonyl (C=O) groups excluding carboxylic acids is 1. The average Bonchev–Trinajstić information content (AvgIpc) is 2.91. The Balaban J connectivity index is 1.70. The van der Waals surface area contributed by atoms with Gasteiger partial charge in [-0.05, 0) is 32.9 Å². The molecule has 7 heteroatoms. The number of pyridine rings is 1. The lowest BCUT2D eigenvalue weighted by molar-refractivity contribution is -0.122. The van der Waals surface area contributed by atoms with Gasteiger partial charge in [0.05, 0.1) is 23.6 Å². The van der Waals surface area contributed by atoms with Crippen LogP contribution in [0.5, 0.6) is 0 Å². The van der Waals surface area contributed by atoms with Crippen LogP contribution in [0.1, 0.15) is 18.3 Å². The van der Waals surface area contributed by atoms with Gasteiger partial charge in [-0.2, -0.15) is 5.10 Å². The molecule has 1 fully saturated rings. The molecule has 0 radical (unpaired) electrons. The maximum absolute atomic E-state index is 11.7. The molecule has 0 aromatic carbocycles. The fourth-order valence-corrected chi connectivity index (χ4v) is 3.38. The highest BCUT2D eigenvalue weighted by atomic mass is 16.2. The van der Waals surface area contributed by atoms with Gasteiger partial charge in [0.2, 0.25) is 5.91 Å². The monoisotopic (exact) mass is 342 g/mol. The number of anilines is 1. The number of likely N-dealkylation sites (N-methyl/N-ethyl adjacent to an activating group) is 1. The van der Waals surface area contributed by atoms with Crippen LogP contribution in [0.15, 0.2) is 24.4 Å². The second kappa shape index (κ2) is 7.65. The van der Waals surface area contributed by atoms with E-state index in [2.05, 4.69) is 32.1 Å². The number of nitrogens with one attached hydrogen (secondary N) is 1. The van der Waals surface area contributed by atoms with Gasteiger partial charge in [-0.25, -0.2) is 9.67 Å². The Kier molecular flexibility index (Phi) is 5.33. The molecular formula is C18H26N6O. The largest absolute Gasteiger partial charge is 0.366 e. The molecule has 1 amide bonds. The number of piperazine rings is 1. The van der Waals surface area contributed by atoms with Crippen molar-refractivity contribution in [3.05, 3.63) is 35.8 Å². The number of carbonyl (C=O) groups is 1. The number of aromatic nitrogens is 3. The fraction of sp³-hybridized carbons (Fsp3) is 0.500. The molecule has 2 aromatic rings. The van der Waals surface area contributed by atoms with Gasteiger partial charge in [-0.1, -0.05) is 6.07 Å². The molecule has 2 aromatic heterocycles. The molecule has 0 spiro atoms. The Morgan fingerprint density at radius 1 is 1.20 bits per heavy atom. The Morgan fingerprint density at radius 2 is 1.96 bits per heavy atom. The Bertz CT molecular complexity index is 719. The summed E-state index contributed by atoms with van der Waals surface area (Å²) in [5.41, 5.74) is 3.30. The van der Waals surface area contributed by atoms with Crippen LogP contribution >= 0.6 is 0 Å². The minimum atomic E-state index is 0.103. The van der Waals surface area contributed by atoms with E-state index in [1.165, 1.54) is 5.69 Å². The van der Waals surface area contributed by atoms with Crippen LogP contribution < -0.4 is 10.2 Å². The number of hydrogen-bond acceptors (Lipinski definition) is 5. The van der Waals surface area contributed by atoms with Gasteiger partial charge in [0, 0.05) is 38.9 Å². The van der Waals surface area contributed by atoms with Crippen molar-refractivity contribution in [1.29, 1.82) is 0 Å². The molecule has 0 unspecified atom stereocenters. The normalized spacial score (nSPS) is 15.4. The van der Waals surface area contributed by atoms with E-state index in [0.29, 0.717) is 13.1 Å². The summed E-state index contributed by atoms with van der Waals surface area (Å²) in [6.07, 6.45) is 1.78. The molecule has 134 valence electrons. The van der Waals surface area contributed by atoms with E-state index < -0.39 is 0 Å². The third-order valence-electron chi connectivity index (χ3n) is 4.55. The maximum atomic E-state index is 11.7. The average molecular weight is 342 g/mol. The molecule has 3 heterocycles. The Hall–Kier alpha value is -2.41. The number of amides is 1. The lowest BCUT2D eigenvalue weighted by atomic mass is 10.2. The van der Waals surface area contributed by atoms with Crippen molar-refractivity contribution in [3.63, 3.8) is 0 Å².